The number of nitrogens with zero attached hydrogens (tertiary/aromatic N) is 2. The van der Waals surface area contributed by atoms with E-state index in [0.717, 1.165) is 29.7 Å². The monoisotopic (exact) mass is 416 g/mol. The zero-order valence-corrected chi connectivity index (χ0v) is 17.9. The summed E-state index contributed by atoms with van der Waals surface area (Å²) in [6.07, 6.45) is 7.40. The normalized spacial score (nSPS) is 30.1. The molecular weight excluding hydrogens is 388 g/mol. The van der Waals surface area contributed by atoms with Crippen LogP contribution in [0.2, 0.25) is 0 Å². The molecule has 1 aromatic carbocycles. The van der Waals surface area contributed by atoms with Crippen LogP contribution in [0.1, 0.15) is 37.9 Å². The third-order valence-electron chi connectivity index (χ3n) is 7.00. The molecule has 0 spiro atoms. The molecule has 31 heavy (non-hydrogen) atoms. The Morgan fingerprint density at radius 3 is 2.77 bits per heavy atom. The molecule has 0 amide bonds. The van der Waals surface area contributed by atoms with Crippen LogP contribution in [0.15, 0.2) is 48.7 Å². The Hall–Kier alpha value is -2.97. The van der Waals surface area contributed by atoms with E-state index in [0.29, 0.717) is 17.4 Å². The number of carbonyl (C=O) groups excluding carboxylic acids is 1. The summed E-state index contributed by atoms with van der Waals surface area (Å²) in [5.41, 5.74) is 3.23. The molecule has 4 rings (SSSR count). The SMILES string of the molecule is C[C@H]1C[C@H]2C(=O)O[C@H](C)[C@H]2[C@@H](/C=C/c2ccc(-c3ccccc3C#N)cn2)[C@@H]1CCO. The molecule has 1 saturated carbocycles. The van der Waals surface area contributed by atoms with E-state index in [1.165, 1.54) is 0 Å². The Bertz CT molecular complexity index is 1010. The largest absolute Gasteiger partial charge is 0.462 e. The number of carbonyl (C=O) groups is 1. The highest BCUT2D eigenvalue weighted by Gasteiger charge is 2.52. The number of aliphatic hydroxyl groups is 1. The van der Waals surface area contributed by atoms with E-state index in [1.807, 2.05) is 43.3 Å². The summed E-state index contributed by atoms with van der Waals surface area (Å²) >= 11 is 0. The van der Waals surface area contributed by atoms with Crippen LogP contribution < -0.4 is 0 Å². The topological polar surface area (TPSA) is 83.2 Å². The molecular formula is C26H28N2O3. The van der Waals surface area contributed by atoms with Crippen molar-refractivity contribution >= 4 is 12.0 Å². The van der Waals surface area contributed by atoms with E-state index in [-0.39, 0.29) is 36.4 Å². The third kappa shape index (κ3) is 4.13. The molecule has 0 radical (unpaired) electrons. The lowest BCUT2D eigenvalue weighted by molar-refractivity contribution is -0.144. The van der Waals surface area contributed by atoms with Gasteiger partial charge in [0.05, 0.1) is 23.2 Å². The van der Waals surface area contributed by atoms with Gasteiger partial charge in [0, 0.05) is 29.8 Å². The molecule has 2 aromatic rings. The van der Waals surface area contributed by atoms with Gasteiger partial charge >= 0.3 is 5.97 Å². The summed E-state index contributed by atoms with van der Waals surface area (Å²) in [5, 5.41) is 19.0. The second kappa shape index (κ2) is 9.03. The first-order valence-corrected chi connectivity index (χ1v) is 11.0. The molecule has 2 heterocycles. The predicted octanol–water partition coefficient (Wildman–Crippen LogP) is 4.47. The Morgan fingerprint density at radius 1 is 1.26 bits per heavy atom. The molecule has 1 saturated heterocycles. The van der Waals surface area contributed by atoms with Crippen LogP contribution in [0.4, 0.5) is 0 Å². The molecule has 2 fully saturated rings. The number of pyridine rings is 1. The quantitative estimate of drug-likeness (QED) is 0.728. The highest BCUT2D eigenvalue weighted by molar-refractivity contribution is 5.75. The molecule has 1 N–H and O–H groups in total. The first-order chi connectivity index (χ1) is 15.0. The van der Waals surface area contributed by atoms with Gasteiger partial charge in [-0.15, -0.1) is 0 Å². The maximum atomic E-state index is 12.3. The number of hydrogen-bond donors (Lipinski definition) is 1. The number of aromatic nitrogens is 1. The minimum absolute atomic E-state index is 0.0626. The van der Waals surface area contributed by atoms with Gasteiger partial charge in [-0.3, -0.25) is 9.78 Å². The first-order valence-electron chi connectivity index (χ1n) is 11.0. The van der Waals surface area contributed by atoms with Crippen LogP contribution in [0.5, 0.6) is 0 Å². The van der Waals surface area contributed by atoms with Crippen LogP contribution in [0, 0.1) is 40.9 Å². The van der Waals surface area contributed by atoms with Gasteiger partial charge in [-0.05, 0) is 55.7 Å². The number of aliphatic hydroxyl groups excluding tert-OH is 1. The minimum Gasteiger partial charge on any atom is -0.462 e. The van der Waals surface area contributed by atoms with Crippen LogP contribution in [-0.4, -0.2) is 28.8 Å². The second-order valence-electron chi connectivity index (χ2n) is 8.78. The number of rotatable bonds is 5. The summed E-state index contributed by atoms with van der Waals surface area (Å²) in [6.45, 7) is 4.30. The third-order valence-corrected chi connectivity index (χ3v) is 7.00. The number of nitriles is 1. The fourth-order valence-corrected chi connectivity index (χ4v) is 5.51. The van der Waals surface area contributed by atoms with E-state index in [9.17, 15) is 15.2 Å². The van der Waals surface area contributed by atoms with Gasteiger partial charge in [0.2, 0.25) is 0 Å². The van der Waals surface area contributed by atoms with E-state index < -0.39 is 0 Å². The predicted molar refractivity (Wildman–Crippen MR) is 118 cm³/mol. The van der Waals surface area contributed by atoms with Crippen molar-refractivity contribution in [2.24, 2.45) is 29.6 Å². The average Bonchev–Trinajstić information content (AvgIpc) is 3.07. The van der Waals surface area contributed by atoms with Crippen molar-refractivity contribution in [3.05, 3.63) is 59.9 Å². The second-order valence-corrected chi connectivity index (χ2v) is 8.78. The Labute approximate surface area is 183 Å². The highest BCUT2D eigenvalue weighted by atomic mass is 16.6. The summed E-state index contributed by atoms with van der Waals surface area (Å²) in [4.78, 5) is 16.9. The Balaban J connectivity index is 1.59. The van der Waals surface area contributed by atoms with Gasteiger partial charge in [0.25, 0.3) is 0 Å². The van der Waals surface area contributed by atoms with Crippen molar-refractivity contribution in [1.82, 2.24) is 4.98 Å². The summed E-state index contributed by atoms with van der Waals surface area (Å²) in [5.74, 6) is 0.803. The summed E-state index contributed by atoms with van der Waals surface area (Å²) < 4.78 is 5.57. The van der Waals surface area contributed by atoms with Crippen molar-refractivity contribution in [2.75, 3.05) is 6.61 Å². The average molecular weight is 417 g/mol. The molecule has 1 aromatic heterocycles. The Kier molecular flexibility index (Phi) is 6.20. The van der Waals surface area contributed by atoms with E-state index in [1.54, 1.807) is 12.3 Å². The fourth-order valence-electron chi connectivity index (χ4n) is 5.51. The van der Waals surface area contributed by atoms with E-state index in [4.69, 9.17) is 4.74 Å². The van der Waals surface area contributed by atoms with E-state index >= 15 is 0 Å². The van der Waals surface area contributed by atoms with Crippen LogP contribution >= 0.6 is 0 Å². The van der Waals surface area contributed by atoms with Crippen molar-refractivity contribution in [1.29, 1.82) is 5.26 Å². The number of hydrogen-bond acceptors (Lipinski definition) is 5. The molecule has 0 unspecified atom stereocenters. The first kappa shape index (κ1) is 21.3. The summed E-state index contributed by atoms with van der Waals surface area (Å²) in [7, 11) is 0. The number of allylic oxidation sites excluding steroid dienone is 1. The minimum atomic E-state index is -0.112. The van der Waals surface area contributed by atoms with Crippen LogP contribution in [-0.2, 0) is 9.53 Å². The Morgan fingerprint density at radius 2 is 2.06 bits per heavy atom. The molecule has 1 aliphatic carbocycles. The lowest BCUT2D eigenvalue weighted by atomic mass is 9.61. The lowest BCUT2D eigenvalue weighted by Gasteiger charge is -2.42. The maximum Gasteiger partial charge on any atom is 0.309 e. The number of cyclic esters (lactones) is 1. The molecule has 160 valence electrons. The lowest BCUT2D eigenvalue weighted by Crippen LogP contribution is -2.41. The van der Waals surface area contributed by atoms with Gasteiger partial charge in [0.15, 0.2) is 0 Å². The van der Waals surface area contributed by atoms with Gasteiger partial charge in [0.1, 0.15) is 6.10 Å². The van der Waals surface area contributed by atoms with Crippen molar-refractivity contribution in [2.45, 2.75) is 32.8 Å². The summed E-state index contributed by atoms with van der Waals surface area (Å²) in [6, 6.07) is 13.6. The van der Waals surface area contributed by atoms with Gasteiger partial charge in [-0.2, -0.15) is 5.26 Å². The molecule has 0 bridgehead atoms. The van der Waals surface area contributed by atoms with Crippen molar-refractivity contribution in [3.8, 4) is 17.2 Å². The highest BCUT2D eigenvalue weighted by Crippen LogP contribution is 2.50. The van der Waals surface area contributed by atoms with Gasteiger partial charge < -0.3 is 9.84 Å². The number of esters is 1. The van der Waals surface area contributed by atoms with Gasteiger partial charge in [-0.1, -0.05) is 37.3 Å². The van der Waals surface area contributed by atoms with Crippen molar-refractivity contribution < 1.29 is 14.6 Å². The smallest absolute Gasteiger partial charge is 0.309 e. The zero-order chi connectivity index (χ0) is 22.0. The number of ether oxygens (including phenoxy) is 1. The van der Waals surface area contributed by atoms with Crippen LogP contribution in [0.3, 0.4) is 0 Å². The number of fused-ring (bicyclic) bond motifs is 1. The molecule has 5 nitrogen and oxygen atoms in total. The van der Waals surface area contributed by atoms with Crippen molar-refractivity contribution in [3.63, 3.8) is 0 Å². The molecule has 5 heteroatoms. The maximum absolute atomic E-state index is 12.3. The standard InChI is InChI=1S/C26H28N2O3/c1-16-13-24-25(17(2)31-26(24)30)23(21(16)11-12-29)10-9-20-8-7-19(15-28-20)22-6-4-3-5-18(22)14-27/h3-10,15-17,21,23-25,29H,11-13H2,1-2H3/b10-9+/t16-,17+,21+,23-,24+,25-/m0/s1. The molecule has 1 aliphatic heterocycles. The molecule has 6 atom stereocenters. The fraction of sp³-hybridized carbons (Fsp3) is 0.423. The molecule has 2 aliphatic rings. The van der Waals surface area contributed by atoms with Crippen LogP contribution in [0.25, 0.3) is 17.2 Å². The number of benzene rings is 1. The van der Waals surface area contributed by atoms with Gasteiger partial charge in [-0.25, -0.2) is 0 Å². The van der Waals surface area contributed by atoms with E-state index in [2.05, 4.69) is 24.1 Å². The zero-order valence-electron chi connectivity index (χ0n) is 17.9.